The Bertz CT molecular complexity index is 1460. The average molecular weight is 475 g/mol. The summed E-state index contributed by atoms with van der Waals surface area (Å²) in [6.07, 6.45) is -1.13. The molecule has 0 radical (unpaired) electrons. The van der Waals surface area contributed by atoms with E-state index in [9.17, 15) is 14.4 Å². The normalized spacial score (nSPS) is 11.8. The van der Waals surface area contributed by atoms with Crippen LogP contribution in [0.1, 0.15) is 23.0 Å². The van der Waals surface area contributed by atoms with Crippen molar-refractivity contribution in [3.8, 4) is 11.1 Å². The minimum atomic E-state index is -1.13. The number of aryl methyl sites for hydroxylation is 1. The van der Waals surface area contributed by atoms with Crippen molar-refractivity contribution in [2.45, 2.75) is 20.0 Å². The van der Waals surface area contributed by atoms with Gasteiger partial charge in [0.05, 0.1) is 10.7 Å². The molecule has 0 spiro atoms. The Labute approximate surface area is 201 Å². The second kappa shape index (κ2) is 9.53. The lowest BCUT2D eigenvalue weighted by atomic mass is 9.96. The SMILES string of the molecule is Cc1ccc(-c2c(C(=O)OC(C)C(=O)Nc3ccccc3Cl)n(C)c(=O)c3ccccc23)cc1. The maximum Gasteiger partial charge on any atom is 0.356 e. The Morgan fingerprint density at radius 2 is 1.56 bits per heavy atom. The second-order valence-corrected chi connectivity index (χ2v) is 8.42. The number of pyridine rings is 1. The van der Waals surface area contributed by atoms with Crippen molar-refractivity contribution in [2.75, 3.05) is 5.32 Å². The fourth-order valence-electron chi connectivity index (χ4n) is 3.78. The minimum absolute atomic E-state index is 0.0740. The van der Waals surface area contributed by atoms with E-state index in [1.165, 1.54) is 18.5 Å². The van der Waals surface area contributed by atoms with Gasteiger partial charge >= 0.3 is 5.97 Å². The molecule has 0 bridgehead atoms. The molecule has 1 N–H and O–H groups in total. The zero-order chi connectivity index (χ0) is 24.4. The number of carbonyl (C=O) groups is 2. The summed E-state index contributed by atoms with van der Waals surface area (Å²) in [7, 11) is 1.53. The van der Waals surface area contributed by atoms with Crippen LogP contribution in [-0.2, 0) is 16.6 Å². The predicted octanol–water partition coefficient (Wildman–Crippen LogP) is 5.35. The number of halogens is 1. The van der Waals surface area contributed by atoms with Crippen LogP contribution in [0.3, 0.4) is 0 Å². The molecular formula is C27H23ClN2O4. The Hall–Kier alpha value is -3.90. The van der Waals surface area contributed by atoms with Crippen LogP contribution in [0, 0.1) is 6.92 Å². The van der Waals surface area contributed by atoms with E-state index in [4.69, 9.17) is 16.3 Å². The molecule has 3 aromatic carbocycles. The Morgan fingerprint density at radius 3 is 2.24 bits per heavy atom. The van der Waals surface area contributed by atoms with Crippen molar-refractivity contribution in [2.24, 2.45) is 7.05 Å². The van der Waals surface area contributed by atoms with Gasteiger partial charge in [-0.1, -0.05) is 71.8 Å². The molecule has 4 rings (SSSR count). The van der Waals surface area contributed by atoms with Gasteiger partial charge in [0, 0.05) is 18.0 Å². The van der Waals surface area contributed by atoms with Crippen LogP contribution in [0.25, 0.3) is 21.9 Å². The Morgan fingerprint density at radius 1 is 0.941 bits per heavy atom. The fraction of sp³-hybridized carbons (Fsp3) is 0.148. The average Bonchev–Trinajstić information content (AvgIpc) is 2.83. The van der Waals surface area contributed by atoms with Crippen LogP contribution < -0.4 is 10.9 Å². The van der Waals surface area contributed by atoms with E-state index in [2.05, 4.69) is 5.32 Å². The van der Waals surface area contributed by atoms with E-state index in [0.717, 1.165) is 11.1 Å². The van der Waals surface area contributed by atoms with Crippen molar-refractivity contribution in [3.05, 3.63) is 99.4 Å². The fourth-order valence-corrected chi connectivity index (χ4v) is 3.97. The van der Waals surface area contributed by atoms with E-state index >= 15 is 0 Å². The number of fused-ring (bicyclic) bond motifs is 1. The van der Waals surface area contributed by atoms with E-state index in [1.54, 1.807) is 42.5 Å². The summed E-state index contributed by atoms with van der Waals surface area (Å²) in [5.41, 5.74) is 2.55. The molecule has 0 saturated carbocycles. The summed E-state index contributed by atoms with van der Waals surface area (Å²) in [4.78, 5) is 39.1. The quantitative estimate of drug-likeness (QED) is 0.395. The van der Waals surface area contributed by atoms with Crippen LogP contribution in [-0.4, -0.2) is 22.5 Å². The number of aromatic nitrogens is 1. The molecule has 0 aliphatic carbocycles. The first-order chi connectivity index (χ1) is 16.3. The molecule has 1 amide bonds. The third-order valence-electron chi connectivity index (χ3n) is 5.62. The summed E-state index contributed by atoms with van der Waals surface area (Å²) in [6.45, 7) is 3.44. The monoisotopic (exact) mass is 474 g/mol. The molecule has 0 aliphatic heterocycles. The molecule has 1 aromatic heterocycles. The highest BCUT2D eigenvalue weighted by Crippen LogP contribution is 2.31. The molecule has 1 unspecified atom stereocenters. The number of benzene rings is 3. The van der Waals surface area contributed by atoms with Gasteiger partial charge in [-0.15, -0.1) is 0 Å². The molecule has 1 atom stereocenters. The van der Waals surface area contributed by atoms with Crippen LogP contribution in [0.4, 0.5) is 5.69 Å². The number of nitrogens with zero attached hydrogens (tertiary/aromatic N) is 1. The van der Waals surface area contributed by atoms with Gasteiger partial charge in [-0.3, -0.25) is 9.59 Å². The number of nitrogens with one attached hydrogen (secondary N) is 1. The lowest BCUT2D eigenvalue weighted by Gasteiger charge is -2.19. The van der Waals surface area contributed by atoms with Crippen LogP contribution in [0.5, 0.6) is 0 Å². The number of ether oxygens (including phenoxy) is 1. The number of para-hydroxylation sites is 1. The molecule has 172 valence electrons. The molecular weight excluding hydrogens is 452 g/mol. The van der Waals surface area contributed by atoms with E-state index in [1.807, 2.05) is 37.3 Å². The summed E-state index contributed by atoms with van der Waals surface area (Å²) in [6, 6.07) is 21.6. The highest BCUT2D eigenvalue weighted by Gasteiger charge is 2.26. The molecule has 4 aromatic rings. The summed E-state index contributed by atoms with van der Waals surface area (Å²) < 4.78 is 6.80. The van der Waals surface area contributed by atoms with Crippen molar-refractivity contribution in [3.63, 3.8) is 0 Å². The van der Waals surface area contributed by atoms with Gasteiger partial charge in [0.2, 0.25) is 0 Å². The van der Waals surface area contributed by atoms with Gasteiger partial charge in [0.25, 0.3) is 11.5 Å². The lowest BCUT2D eigenvalue weighted by Crippen LogP contribution is -2.33. The minimum Gasteiger partial charge on any atom is -0.448 e. The van der Waals surface area contributed by atoms with Gasteiger partial charge in [-0.05, 0) is 43.0 Å². The number of hydrogen-bond donors (Lipinski definition) is 1. The molecule has 7 heteroatoms. The number of carbonyl (C=O) groups excluding carboxylic acids is 2. The lowest BCUT2D eigenvalue weighted by molar-refractivity contribution is -0.123. The zero-order valence-electron chi connectivity index (χ0n) is 19.0. The topological polar surface area (TPSA) is 77.4 Å². The van der Waals surface area contributed by atoms with Gasteiger partial charge in [0.15, 0.2) is 6.10 Å². The van der Waals surface area contributed by atoms with Crippen LogP contribution >= 0.6 is 11.6 Å². The largest absolute Gasteiger partial charge is 0.448 e. The first kappa shape index (κ1) is 23.3. The molecule has 0 fully saturated rings. The maximum absolute atomic E-state index is 13.4. The molecule has 0 aliphatic rings. The van der Waals surface area contributed by atoms with Gasteiger partial charge in [-0.25, -0.2) is 4.79 Å². The molecule has 6 nitrogen and oxygen atoms in total. The van der Waals surface area contributed by atoms with Gasteiger partial charge in [-0.2, -0.15) is 0 Å². The number of esters is 1. The van der Waals surface area contributed by atoms with Crippen molar-refractivity contribution in [1.29, 1.82) is 0 Å². The Kier molecular flexibility index (Phi) is 6.52. The second-order valence-electron chi connectivity index (χ2n) is 8.02. The zero-order valence-corrected chi connectivity index (χ0v) is 19.7. The highest BCUT2D eigenvalue weighted by molar-refractivity contribution is 6.33. The Balaban J connectivity index is 1.75. The number of amides is 1. The molecule has 0 saturated heterocycles. The number of rotatable bonds is 5. The van der Waals surface area contributed by atoms with Crippen molar-refractivity contribution >= 4 is 39.9 Å². The van der Waals surface area contributed by atoms with Crippen molar-refractivity contribution < 1.29 is 14.3 Å². The first-order valence-electron chi connectivity index (χ1n) is 10.7. The summed E-state index contributed by atoms with van der Waals surface area (Å²) >= 11 is 6.11. The summed E-state index contributed by atoms with van der Waals surface area (Å²) in [5.74, 6) is -1.31. The van der Waals surface area contributed by atoms with Crippen LogP contribution in [0.15, 0.2) is 77.6 Å². The van der Waals surface area contributed by atoms with Gasteiger partial charge < -0.3 is 14.6 Å². The third kappa shape index (κ3) is 4.45. The van der Waals surface area contributed by atoms with E-state index in [0.29, 0.717) is 27.0 Å². The van der Waals surface area contributed by atoms with E-state index in [-0.39, 0.29) is 11.3 Å². The third-order valence-corrected chi connectivity index (χ3v) is 5.95. The van der Waals surface area contributed by atoms with E-state index < -0.39 is 18.0 Å². The van der Waals surface area contributed by atoms with Crippen LogP contribution in [0.2, 0.25) is 5.02 Å². The first-order valence-corrected chi connectivity index (χ1v) is 11.1. The van der Waals surface area contributed by atoms with Gasteiger partial charge in [0.1, 0.15) is 5.69 Å². The number of hydrogen-bond acceptors (Lipinski definition) is 4. The van der Waals surface area contributed by atoms with Crippen molar-refractivity contribution in [1.82, 2.24) is 4.57 Å². The molecule has 34 heavy (non-hydrogen) atoms. The smallest absolute Gasteiger partial charge is 0.356 e. The summed E-state index contributed by atoms with van der Waals surface area (Å²) in [5, 5.41) is 4.15. The number of anilines is 1. The standard InChI is InChI=1S/C27H23ClN2O4/c1-16-12-14-18(15-13-16)23-19-8-4-5-9-20(19)26(32)30(3)24(23)27(33)34-17(2)25(31)29-22-11-7-6-10-21(22)28/h4-15,17H,1-3H3,(H,29,31). The highest BCUT2D eigenvalue weighted by atomic mass is 35.5. The molecule has 1 heterocycles. The predicted molar refractivity (Wildman–Crippen MR) is 134 cm³/mol. The maximum atomic E-state index is 13.4.